The topological polar surface area (TPSA) is 62.2 Å². The van der Waals surface area contributed by atoms with Crippen molar-refractivity contribution < 1.29 is 31.9 Å². The van der Waals surface area contributed by atoms with E-state index in [0.717, 1.165) is 13.0 Å². The SMILES string of the molecule is C[C@@](CC(=S)NC(=O)c1ccccc1)(c1nc(Br)ccc1F)[C@@H](F)[C@H](O)C(F)(F)F. The van der Waals surface area contributed by atoms with Gasteiger partial charge in [0.05, 0.1) is 16.1 Å². The Morgan fingerprint density at radius 1 is 1.23 bits per heavy atom. The van der Waals surface area contributed by atoms with E-state index in [2.05, 4.69) is 26.2 Å². The third kappa shape index (κ3) is 5.58. The van der Waals surface area contributed by atoms with Crippen molar-refractivity contribution in [1.82, 2.24) is 10.3 Å². The number of hydrogen-bond acceptors (Lipinski definition) is 4. The standard InChI is InChI=1S/C19H16BrF5N2O2S/c1-18(14(22)16(28)19(23,24)25,15-11(21)7-8-12(20)26-15)9-13(30)27-17(29)10-5-3-2-4-6-10/h2-8,14,16,28H,9H2,1H3,(H,27,29,30)/t14-,16-,18-/m0/s1. The molecule has 11 heteroatoms. The molecule has 0 aliphatic heterocycles. The van der Waals surface area contributed by atoms with Crippen LogP contribution >= 0.6 is 28.1 Å². The number of thiocarbonyl (C=S) groups is 1. The molecule has 0 radical (unpaired) electrons. The van der Waals surface area contributed by atoms with Crippen LogP contribution in [0.5, 0.6) is 0 Å². The number of aliphatic hydroxyl groups is 1. The van der Waals surface area contributed by atoms with Gasteiger partial charge < -0.3 is 10.4 Å². The quantitative estimate of drug-likeness (QED) is 0.337. The average Bonchev–Trinajstić information content (AvgIpc) is 2.68. The predicted molar refractivity (Wildman–Crippen MR) is 107 cm³/mol. The molecule has 0 unspecified atom stereocenters. The molecule has 162 valence electrons. The number of rotatable bonds is 6. The number of nitrogens with zero attached hydrogens (tertiary/aromatic N) is 1. The van der Waals surface area contributed by atoms with E-state index in [1.54, 1.807) is 18.2 Å². The predicted octanol–water partition coefficient (Wildman–Crippen LogP) is 4.65. The van der Waals surface area contributed by atoms with Gasteiger partial charge in [0, 0.05) is 12.0 Å². The molecule has 2 rings (SSSR count). The van der Waals surface area contributed by atoms with Crippen LogP contribution < -0.4 is 5.32 Å². The zero-order valence-corrected chi connectivity index (χ0v) is 17.8. The van der Waals surface area contributed by atoms with Crippen molar-refractivity contribution in [3.05, 3.63) is 64.1 Å². The largest absolute Gasteiger partial charge is 0.417 e. The molecule has 1 aromatic heterocycles. The fourth-order valence-corrected chi connectivity index (χ4v) is 3.51. The number of amides is 1. The summed E-state index contributed by atoms with van der Waals surface area (Å²) in [6.07, 6.45) is -12.5. The Bertz CT molecular complexity index is 929. The van der Waals surface area contributed by atoms with Gasteiger partial charge in [0.25, 0.3) is 5.91 Å². The number of aliphatic hydroxyl groups excluding tert-OH is 1. The highest BCUT2D eigenvalue weighted by Gasteiger charge is 2.53. The molecule has 0 aliphatic rings. The Morgan fingerprint density at radius 3 is 2.40 bits per heavy atom. The normalized spacial score (nSPS) is 15.7. The van der Waals surface area contributed by atoms with Crippen molar-refractivity contribution in [3.8, 4) is 0 Å². The van der Waals surface area contributed by atoms with Crippen LogP contribution in [0.25, 0.3) is 0 Å². The van der Waals surface area contributed by atoms with Crippen molar-refractivity contribution >= 4 is 39.0 Å². The third-order valence-electron chi connectivity index (χ3n) is 4.39. The van der Waals surface area contributed by atoms with Crippen LogP contribution in [-0.4, -0.2) is 39.4 Å². The number of benzene rings is 1. The summed E-state index contributed by atoms with van der Waals surface area (Å²) in [5.74, 6) is -1.76. The van der Waals surface area contributed by atoms with Crippen molar-refractivity contribution in [3.63, 3.8) is 0 Å². The lowest BCUT2D eigenvalue weighted by Crippen LogP contribution is -2.51. The molecule has 0 saturated carbocycles. The highest BCUT2D eigenvalue weighted by atomic mass is 79.9. The van der Waals surface area contributed by atoms with E-state index < -0.39 is 47.7 Å². The van der Waals surface area contributed by atoms with Gasteiger partial charge in [0.1, 0.15) is 16.6 Å². The molecule has 3 atom stereocenters. The fourth-order valence-electron chi connectivity index (χ4n) is 2.81. The summed E-state index contributed by atoms with van der Waals surface area (Å²) in [6, 6.07) is 9.85. The maximum absolute atomic E-state index is 15.0. The summed E-state index contributed by atoms with van der Waals surface area (Å²) in [5.41, 5.74) is -2.81. The van der Waals surface area contributed by atoms with E-state index in [0.29, 0.717) is 0 Å². The van der Waals surface area contributed by atoms with E-state index in [1.165, 1.54) is 18.2 Å². The van der Waals surface area contributed by atoms with Gasteiger partial charge in [-0.1, -0.05) is 37.3 Å². The first-order chi connectivity index (χ1) is 13.9. The molecule has 1 amide bonds. The molecule has 4 nitrogen and oxygen atoms in total. The first kappa shape index (κ1) is 24.3. The Morgan fingerprint density at radius 2 is 1.83 bits per heavy atom. The van der Waals surface area contributed by atoms with E-state index in [9.17, 15) is 31.9 Å². The minimum Gasteiger partial charge on any atom is -0.381 e. The van der Waals surface area contributed by atoms with Gasteiger partial charge >= 0.3 is 6.18 Å². The lowest BCUT2D eigenvalue weighted by atomic mass is 9.75. The van der Waals surface area contributed by atoms with Crippen molar-refractivity contribution in [1.29, 1.82) is 0 Å². The van der Waals surface area contributed by atoms with E-state index in [4.69, 9.17) is 12.2 Å². The van der Waals surface area contributed by atoms with Gasteiger partial charge in [-0.25, -0.2) is 13.8 Å². The molecular formula is C19H16BrF5N2O2S. The van der Waals surface area contributed by atoms with E-state index in [-0.39, 0.29) is 15.2 Å². The van der Waals surface area contributed by atoms with Gasteiger partial charge in [0.15, 0.2) is 6.10 Å². The summed E-state index contributed by atoms with van der Waals surface area (Å²) < 4.78 is 68.4. The highest BCUT2D eigenvalue weighted by molar-refractivity contribution is 9.10. The Balaban J connectivity index is 2.39. The number of hydrogen-bond donors (Lipinski definition) is 2. The Hall–Kier alpha value is -1.98. The molecule has 0 fully saturated rings. The lowest BCUT2D eigenvalue weighted by Gasteiger charge is -2.36. The van der Waals surface area contributed by atoms with Crippen molar-refractivity contribution in [2.45, 2.75) is 37.2 Å². The molecule has 2 aromatic rings. The molecule has 0 saturated heterocycles. The van der Waals surface area contributed by atoms with Crippen LogP contribution in [0.4, 0.5) is 22.0 Å². The molecule has 0 bridgehead atoms. The van der Waals surface area contributed by atoms with Crippen LogP contribution in [0.15, 0.2) is 47.1 Å². The number of alkyl halides is 4. The first-order valence-corrected chi connectivity index (χ1v) is 9.67. The number of carbonyl (C=O) groups excluding carboxylic acids is 1. The fraction of sp³-hybridized carbons (Fsp3) is 0.316. The van der Waals surface area contributed by atoms with E-state index in [1.807, 2.05) is 0 Å². The third-order valence-corrected chi connectivity index (χ3v) is 5.08. The summed E-state index contributed by atoms with van der Waals surface area (Å²) >= 11 is 7.99. The smallest absolute Gasteiger partial charge is 0.381 e. The van der Waals surface area contributed by atoms with Crippen molar-refractivity contribution in [2.75, 3.05) is 0 Å². The summed E-state index contributed by atoms with van der Waals surface area (Å²) in [6.45, 7) is 0.950. The summed E-state index contributed by atoms with van der Waals surface area (Å²) in [4.78, 5) is 15.7. The minimum absolute atomic E-state index is 0.0399. The number of carbonyl (C=O) groups is 1. The van der Waals surface area contributed by atoms with Gasteiger partial charge in [-0.2, -0.15) is 13.2 Å². The zero-order valence-electron chi connectivity index (χ0n) is 15.4. The molecule has 0 spiro atoms. The van der Waals surface area contributed by atoms with Crippen LogP contribution in [0.3, 0.4) is 0 Å². The van der Waals surface area contributed by atoms with E-state index >= 15 is 0 Å². The molecular weight excluding hydrogens is 495 g/mol. The second-order valence-corrected chi connectivity index (χ2v) is 8.00. The van der Waals surface area contributed by atoms with Crippen LogP contribution in [0, 0.1) is 5.82 Å². The number of halogens is 6. The Labute approximate surface area is 182 Å². The second-order valence-electron chi connectivity index (χ2n) is 6.69. The number of pyridine rings is 1. The van der Waals surface area contributed by atoms with Crippen LogP contribution in [0.1, 0.15) is 29.4 Å². The maximum Gasteiger partial charge on any atom is 0.417 e. The molecule has 1 heterocycles. The number of aromatic nitrogens is 1. The van der Waals surface area contributed by atoms with Crippen LogP contribution in [-0.2, 0) is 5.41 Å². The lowest BCUT2D eigenvalue weighted by molar-refractivity contribution is -0.227. The minimum atomic E-state index is -5.31. The first-order valence-electron chi connectivity index (χ1n) is 8.47. The van der Waals surface area contributed by atoms with Gasteiger partial charge in [-0.05, 0) is 40.2 Å². The highest BCUT2D eigenvalue weighted by Crippen LogP contribution is 2.40. The van der Waals surface area contributed by atoms with Gasteiger partial charge in [0.2, 0.25) is 0 Å². The van der Waals surface area contributed by atoms with Crippen LogP contribution in [0.2, 0.25) is 0 Å². The molecule has 0 aliphatic carbocycles. The summed E-state index contributed by atoms with van der Waals surface area (Å²) in [5, 5.41) is 11.8. The van der Waals surface area contributed by atoms with Gasteiger partial charge in [-0.15, -0.1) is 0 Å². The number of nitrogens with one attached hydrogen (secondary N) is 1. The van der Waals surface area contributed by atoms with Gasteiger partial charge in [-0.3, -0.25) is 4.79 Å². The van der Waals surface area contributed by atoms with Crippen molar-refractivity contribution in [2.24, 2.45) is 0 Å². The molecule has 2 N–H and O–H groups in total. The Kier molecular flexibility index (Phi) is 7.64. The monoisotopic (exact) mass is 510 g/mol. The summed E-state index contributed by atoms with van der Waals surface area (Å²) in [7, 11) is 0. The maximum atomic E-state index is 15.0. The molecule has 1 aromatic carbocycles. The molecule has 30 heavy (non-hydrogen) atoms. The second kappa shape index (κ2) is 9.44. The zero-order chi connectivity index (χ0) is 22.7. The average molecular weight is 511 g/mol.